The van der Waals surface area contributed by atoms with Crippen LogP contribution in [-0.4, -0.2) is 11.1 Å². The van der Waals surface area contributed by atoms with Gasteiger partial charge in [-0.2, -0.15) is 0 Å². The number of halogens is 1. The average Bonchev–Trinajstić information content (AvgIpc) is 2.86. The molecule has 184 valence electrons. The predicted octanol–water partition coefficient (Wildman–Crippen LogP) is 8.21. The summed E-state index contributed by atoms with van der Waals surface area (Å²) in [6.07, 6.45) is 7.13. The third kappa shape index (κ3) is 5.33. The first-order valence-electron chi connectivity index (χ1n) is 12.7. The molecule has 3 aromatic rings. The van der Waals surface area contributed by atoms with E-state index >= 15 is 0 Å². The Morgan fingerprint density at radius 3 is 2.31 bits per heavy atom. The van der Waals surface area contributed by atoms with Crippen molar-refractivity contribution >= 4 is 5.97 Å². The number of ether oxygens (including phenoxy) is 1. The van der Waals surface area contributed by atoms with E-state index in [1.807, 2.05) is 19.1 Å². The second kappa shape index (κ2) is 10.7. The highest BCUT2D eigenvalue weighted by Gasteiger charge is 2.40. The van der Waals surface area contributed by atoms with Crippen molar-refractivity contribution in [1.29, 1.82) is 0 Å². The molecule has 1 N–H and O–H groups in total. The average molecular weight is 475 g/mol. The van der Waals surface area contributed by atoms with Crippen LogP contribution >= 0.6 is 0 Å². The van der Waals surface area contributed by atoms with E-state index in [1.54, 1.807) is 6.07 Å². The van der Waals surface area contributed by atoms with E-state index in [9.17, 15) is 9.18 Å². The molecule has 0 aliphatic heterocycles. The fourth-order valence-corrected chi connectivity index (χ4v) is 5.64. The lowest BCUT2D eigenvalue weighted by Crippen LogP contribution is -2.39. The Kier molecular flexibility index (Phi) is 7.71. The first-order valence-corrected chi connectivity index (χ1v) is 12.7. The normalized spacial score (nSPS) is 16.1. The van der Waals surface area contributed by atoms with Crippen LogP contribution in [0.3, 0.4) is 0 Å². The van der Waals surface area contributed by atoms with Gasteiger partial charge in [-0.3, -0.25) is 0 Å². The molecule has 0 aromatic heterocycles. The fraction of sp³-hybridized carbons (Fsp3) is 0.387. The van der Waals surface area contributed by atoms with Gasteiger partial charge in [0, 0.05) is 0 Å². The Hall–Kier alpha value is -2.98. The molecule has 1 unspecified atom stereocenters. The molecule has 3 aromatic carbocycles. The van der Waals surface area contributed by atoms with Crippen molar-refractivity contribution in [1.82, 2.24) is 0 Å². The molecular formula is C31H35FO3. The molecule has 1 aliphatic carbocycles. The fourth-order valence-electron chi connectivity index (χ4n) is 5.64. The van der Waals surface area contributed by atoms with Crippen LogP contribution in [0.4, 0.5) is 4.39 Å². The number of aromatic carboxylic acids is 1. The summed E-state index contributed by atoms with van der Waals surface area (Å²) in [7, 11) is 0. The Balaban J connectivity index is 1.59. The van der Waals surface area contributed by atoms with Crippen LogP contribution in [0.1, 0.15) is 78.1 Å². The molecule has 4 rings (SSSR count). The van der Waals surface area contributed by atoms with Crippen molar-refractivity contribution in [2.45, 2.75) is 71.5 Å². The minimum atomic E-state index is -1.26. The largest absolute Gasteiger partial charge is 0.478 e. The van der Waals surface area contributed by atoms with Crippen molar-refractivity contribution in [3.05, 3.63) is 94.3 Å². The van der Waals surface area contributed by atoms with Crippen LogP contribution in [0.25, 0.3) is 11.1 Å². The van der Waals surface area contributed by atoms with Crippen molar-refractivity contribution in [2.24, 2.45) is 5.92 Å². The van der Waals surface area contributed by atoms with Gasteiger partial charge in [0.2, 0.25) is 0 Å². The van der Waals surface area contributed by atoms with E-state index in [2.05, 4.69) is 44.2 Å². The van der Waals surface area contributed by atoms with Gasteiger partial charge in [0.25, 0.3) is 0 Å². The molecule has 1 fully saturated rings. The molecule has 1 atom stereocenters. The lowest BCUT2D eigenvalue weighted by Gasteiger charge is -2.43. The number of carboxylic acids is 1. The maximum absolute atomic E-state index is 14.3. The predicted molar refractivity (Wildman–Crippen MR) is 138 cm³/mol. The summed E-state index contributed by atoms with van der Waals surface area (Å²) >= 11 is 0. The van der Waals surface area contributed by atoms with Gasteiger partial charge in [0.15, 0.2) is 0 Å². The van der Waals surface area contributed by atoms with Gasteiger partial charge < -0.3 is 9.84 Å². The number of aryl methyl sites for hydroxylation is 2. The Morgan fingerprint density at radius 1 is 1.00 bits per heavy atom. The summed E-state index contributed by atoms with van der Waals surface area (Å²) in [6.45, 7) is 6.85. The van der Waals surface area contributed by atoms with Crippen LogP contribution < -0.4 is 0 Å². The van der Waals surface area contributed by atoms with E-state index < -0.39 is 11.8 Å². The number of hydrogen-bond donors (Lipinski definition) is 1. The molecule has 35 heavy (non-hydrogen) atoms. The lowest BCUT2D eigenvalue weighted by atomic mass is 9.71. The Morgan fingerprint density at radius 2 is 1.71 bits per heavy atom. The highest BCUT2D eigenvalue weighted by molar-refractivity contribution is 5.88. The molecule has 0 bridgehead atoms. The summed E-state index contributed by atoms with van der Waals surface area (Å²) in [4.78, 5) is 11.1. The van der Waals surface area contributed by atoms with Crippen LogP contribution in [0.5, 0.6) is 0 Å². The third-order valence-corrected chi connectivity index (χ3v) is 7.63. The smallest absolute Gasteiger partial charge is 0.338 e. The molecule has 0 radical (unpaired) electrons. The van der Waals surface area contributed by atoms with Crippen molar-refractivity contribution in [3.63, 3.8) is 0 Å². The van der Waals surface area contributed by atoms with E-state index in [-0.39, 0.29) is 11.2 Å². The van der Waals surface area contributed by atoms with Gasteiger partial charge >= 0.3 is 5.97 Å². The molecule has 0 saturated heterocycles. The van der Waals surface area contributed by atoms with Crippen molar-refractivity contribution < 1.29 is 19.0 Å². The molecular weight excluding hydrogens is 439 g/mol. The molecule has 3 nitrogen and oxygen atoms in total. The number of benzene rings is 3. The second-order valence-electron chi connectivity index (χ2n) is 9.88. The highest BCUT2D eigenvalue weighted by Crippen LogP contribution is 2.45. The second-order valence-corrected chi connectivity index (χ2v) is 9.88. The SMILES string of the molecule is CCC(OCc1ccc(-c2ccc(C(=O)O)c(F)c2)c(C)c1)(c1ccc(C)cc1)C1CCCCC1. The Bertz CT molecular complexity index is 1180. The quantitative estimate of drug-likeness (QED) is 0.358. The summed E-state index contributed by atoms with van der Waals surface area (Å²) in [5.41, 5.74) is 5.53. The first-order chi connectivity index (χ1) is 16.8. The monoisotopic (exact) mass is 474 g/mol. The number of hydrogen-bond acceptors (Lipinski definition) is 2. The van der Waals surface area contributed by atoms with Crippen molar-refractivity contribution in [2.75, 3.05) is 0 Å². The van der Waals surface area contributed by atoms with E-state index in [1.165, 1.54) is 55.4 Å². The molecule has 0 spiro atoms. The summed E-state index contributed by atoms with van der Waals surface area (Å²) in [5, 5.41) is 9.10. The Labute approximate surface area is 208 Å². The molecule has 4 heteroatoms. The van der Waals surface area contributed by atoms with Crippen molar-refractivity contribution in [3.8, 4) is 11.1 Å². The van der Waals surface area contributed by atoms with Crippen LogP contribution in [-0.2, 0) is 16.9 Å². The van der Waals surface area contributed by atoms with Gasteiger partial charge in [-0.1, -0.05) is 80.3 Å². The minimum absolute atomic E-state index is 0.309. The van der Waals surface area contributed by atoms with E-state index in [0.29, 0.717) is 18.1 Å². The zero-order valence-corrected chi connectivity index (χ0v) is 20.9. The summed E-state index contributed by atoms with van der Waals surface area (Å²) in [6, 6.07) is 19.2. The zero-order chi connectivity index (χ0) is 25.0. The number of carbonyl (C=O) groups is 1. The standard InChI is InChI=1S/C31H35FO3/c1-4-31(25-8-6-5-7-9-25,26-14-10-21(2)11-15-26)35-20-23-12-16-27(22(3)18-23)24-13-17-28(30(33)34)29(32)19-24/h10-19,25H,4-9,20H2,1-3H3,(H,33,34). The topological polar surface area (TPSA) is 46.5 Å². The maximum atomic E-state index is 14.3. The van der Waals surface area contributed by atoms with Gasteiger partial charge in [0.05, 0.1) is 17.8 Å². The summed E-state index contributed by atoms with van der Waals surface area (Å²) < 4.78 is 21.1. The van der Waals surface area contributed by atoms with Gasteiger partial charge in [-0.15, -0.1) is 0 Å². The minimum Gasteiger partial charge on any atom is -0.478 e. The number of rotatable bonds is 8. The number of carboxylic acid groups (broad SMARTS) is 1. The third-order valence-electron chi connectivity index (χ3n) is 7.63. The van der Waals surface area contributed by atoms with E-state index in [0.717, 1.165) is 23.1 Å². The van der Waals surface area contributed by atoms with Gasteiger partial charge in [-0.25, -0.2) is 9.18 Å². The van der Waals surface area contributed by atoms with Crippen LogP contribution in [0, 0.1) is 25.6 Å². The van der Waals surface area contributed by atoms with Crippen LogP contribution in [0.15, 0.2) is 60.7 Å². The highest BCUT2D eigenvalue weighted by atomic mass is 19.1. The van der Waals surface area contributed by atoms with Gasteiger partial charge in [-0.05, 0) is 79.0 Å². The first kappa shape index (κ1) is 25.1. The lowest BCUT2D eigenvalue weighted by molar-refractivity contribution is -0.116. The van der Waals surface area contributed by atoms with Crippen LogP contribution in [0.2, 0.25) is 0 Å². The maximum Gasteiger partial charge on any atom is 0.338 e. The summed E-state index contributed by atoms with van der Waals surface area (Å²) in [5.74, 6) is -1.48. The van der Waals surface area contributed by atoms with Gasteiger partial charge in [0.1, 0.15) is 5.82 Å². The molecule has 1 aliphatic rings. The van der Waals surface area contributed by atoms with E-state index in [4.69, 9.17) is 9.84 Å². The zero-order valence-electron chi connectivity index (χ0n) is 20.9. The molecule has 0 heterocycles. The molecule has 1 saturated carbocycles. The molecule has 0 amide bonds.